The fraction of sp³-hybridized carbons (Fsp3) is 0.571. The average Bonchev–Trinajstić information content (AvgIpc) is 2.75. The fourth-order valence-corrected chi connectivity index (χ4v) is 5.06. The second kappa shape index (κ2) is 17.9. The molecule has 0 N–H and O–H groups in total. The van der Waals surface area contributed by atoms with Crippen molar-refractivity contribution in [1.29, 1.82) is 0 Å². The van der Waals surface area contributed by atoms with Crippen molar-refractivity contribution in [3.8, 4) is 0 Å². The molecule has 0 saturated carbocycles. The number of rotatable bonds is 16. The van der Waals surface area contributed by atoms with Gasteiger partial charge in [0.2, 0.25) is 0 Å². The molecule has 0 aliphatic heterocycles. The SMILES string of the molecule is CCCCCCCCc1ccccc1Sc1ccccc1CCCCCCCC.[Ni]. The van der Waals surface area contributed by atoms with E-state index in [1.165, 1.54) is 111 Å². The van der Waals surface area contributed by atoms with Crippen LogP contribution in [-0.4, -0.2) is 0 Å². The molecule has 0 aromatic heterocycles. The van der Waals surface area contributed by atoms with Crippen molar-refractivity contribution in [3.63, 3.8) is 0 Å². The zero-order chi connectivity index (χ0) is 20.6. The Morgan fingerprint density at radius 3 is 1.30 bits per heavy atom. The van der Waals surface area contributed by atoms with Crippen LogP contribution in [0.5, 0.6) is 0 Å². The average molecular weight is 469 g/mol. The fourth-order valence-electron chi connectivity index (χ4n) is 3.93. The van der Waals surface area contributed by atoms with Crippen molar-refractivity contribution < 1.29 is 16.5 Å². The van der Waals surface area contributed by atoms with E-state index in [0.29, 0.717) is 0 Å². The first-order chi connectivity index (χ1) is 14.3. The van der Waals surface area contributed by atoms with Gasteiger partial charge in [0.1, 0.15) is 0 Å². The first-order valence-corrected chi connectivity index (χ1v) is 13.0. The number of aryl methyl sites for hydroxylation is 2. The molecule has 30 heavy (non-hydrogen) atoms. The third kappa shape index (κ3) is 11.1. The van der Waals surface area contributed by atoms with Crippen molar-refractivity contribution in [3.05, 3.63) is 59.7 Å². The minimum atomic E-state index is 0. The molecule has 0 unspecified atom stereocenters. The molecule has 0 atom stereocenters. The van der Waals surface area contributed by atoms with Crippen molar-refractivity contribution >= 4 is 11.8 Å². The number of unbranched alkanes of at least 4 members (excludes halogenated alkanes) is 10. The van der Waals surface area contributed by atoms with Crippen LogP contribution in [0.3, 0.4) is 0 Å². The summed E-state index contributed by atoms with van der Waals surface area (Å²) in [6.45, 7) is 4.58. The second-order valence-electron chi connectivity index (χ2n) is 8.35. The summed E-state index contributed by atoms with van der Waals surface area (Å²) in [7, 11) is 0. The summed E-state index contributed by atoms with van der Waals surface area (Å²) in [5.41, 5.74) is 3.06. The van der Waals surface area contributed by atoms with Gasteiger partial charge in [-0.2, -0.15) is 0 Å². The molecule has 2 aromatic carbocycles. The smallest absolute Gasteiger partial charge is 0.0154 e. The Morgan fingerprint density at radius 1 is 0.500 bits per heavy atom. The first kappa shape index (κ1) is 27.3. The van der Waals surface area contributed by atoms with Crippen LogP contribution in [0.1, 0.15) is 102 Å². The van der Waals surface area contributed by atoms with E-state index in [0.717, 1.165) is 0 Å². The topological polar surface area (TPSA) is 0 Å². The molecule has 2 rings (SSSR count). The van der Waals surface area contributed by atoms with Gasteiger partial charge >= 0.3 is 0 Å². The van der Waals surface area contributed by atoms with Gasteiger partial charge in [-0.15, -0.1) is 0 Å². The Bertz CT molecular complexity index is 610. The van der Waals surface area contributed by atoms with Crippen molar-refractivity contribution in [2.24, 2.45) is 0 Å². The predicted molar refractivity (Wildman–Crippen MR) is 131 cm³/mol. The predicted octanol–water partition coefficient (Wildman–Crippen LogP) is 9.64. The van der Waals surface area contributed by atoms with Gasteiger partial charge in [0.05, 0.1) is 0 Å². The van der Waals surface area contributed by atoms with Gasteiger partial charge in [-0.1, -0.05) is 126 Å². The summed E-state index contributed by atoms with van der Waals surface area (Å²) in [5, 5.41) is 0. The summed E-state index contributed by atoms with van der Waals surface area (Å²) < 4.78 is 0. The molecular weight excluding hydrogens is 427 g/mol. The van der Waals surface area contributed by atoms with Crippen molar-refractivity contribution in [2.75, 3.05) is 0 Å². The quantitative estimate of drug-likeness (QED) is 0.174. The molecule has 2 aromatic rings. The minimum Gasteiger partial charge on any atom is -0.0895 e. The van der Waals surface area contributed by atoms with Gasteiger partial charge in [-0.3, -0.25) is 0 Å². The van der Waals surface area contributed by atoms with Gasteiger partial charge < -0.3 is 0 Å². The molecule has 0 nitrogen and oxygen atoms in total. The van der Waals surface area contributed by atoms with Gasteiger partial charge in [0.15, 0.2) is 0 Å². The van der Waals surface area contributed by atoms with E-state index in [1.54, 1.807) is 0 Å². The maximum absolute atomic E-state index is 2.34. The van der Waals surface area contributed by atoms with Crippen LogP contribution < -0.4 is 0 Å². The van der Waals surface area contributed by atoms with Crippen molar-refractivity contribution in [1.82, 2.24) is 0 Å². The van der Waals surface area contributed by atoms with Gasteiger partial charge in [-0.25, -0.2) is 0 Å². The molecule has 0 fully saturated rings. The second-order valence-corrected chi connectivity index (χ2v) is 9.44. The summed E-state index contributed by atoms with van der Waals surface area (Å²) in [5.74, 6) is 0. The number of hydrogen-bond acceptors (Lipinski definition) is 1. The number of benzene rings is 2. The van der Waals surface area contributed by atoms with E-state index in [9.17, 15) is 0 Å². The maximum atomic E-state index is 2.34. The van der Waals surface area contributed by atoms with Gasteiger partial charge in [0.25, 0.3) is 0 Å². The van der Waals surface area contributed by atoms with Crippen LogP contribution in [0.4, 0.5) is 0 Å². The minimum absolute atomic E-state index is 0. The van der Waals surface area contributed by atoms with E-state index in [-0.39, 0.29) is 16.5 Å². The van der Waals surface area contributed by atoms with Gasteiger partial charge in [-0.05, 0) is 48.9 Å². The molecule has 0 aliphatic carbocycles. The van der Waals surface area contributed by atoms with Crippen LogP contribution in [0.2, 0.25) is 0 Å². The summed E-state index contributed by atoms with van der Waals surface area (Å²) in [6, 6.07) is 18.1. The van der Waals surface area contributed by atoms with E-state index < -0.39 is 0 Å². The number of hydrogen-bond donors (Lipinski definition) is 0. The third-order valence-electron chi connectivity index (χ3n) is 5.76. The monoisotopic (exact) mass is 468 g/mol. The first-order valence-electron chi connectivity index (χ1n) is 12.2. The Balaban J connectivity index is 0.00000450. The Morgan fingerprint density at radius 2 is 0.867 bits per heavy atom. The Labute approximate surface area is 200 Å². The van der Waals surface area contributed by atoms with E-state index in [2.05, 4.69) is 62.4 Å². The zero-order valence-electron chi connectivity index (χ0n) is 19.2. The molecule has 0 amide bonds. The molecule has 170 valence electrons. The molecular formula is C28H42NiS. The third-order valence-corrected chi connectivity index (χ3v) is 7.00. The molecule has 0 spiro atoms. The van der Waals surface area contributed by atoms with E-state index in [4.69, 9.17) is 0 Å². The van der Waals surface area contributed by atoms with Crippen LogP contribution >= 0.6 is 11.8 Å². The zero-order valence-corrected chi connectivity index (χ0v) is 21.0. The van der Waals surface area contributed by atoms with Crippen LogP contribution in [-0.2, 0) is 29.3 Å². The molecule has 0 radical (unpaired) electrons. The van der Waals surface area contributed by atoms with Crippen LogP contribution in [0.15, 0.2) is 58.3 Å². The molecule has 0 saturated heterocycles. The Kier molecular flexibility index (Phi) is 16.3. The standard InChI is InChI=1S/C28H42S.Ni/c1-3-5-7-9-11-13-19-25-21-15-17-23-27(25)29-28-24-18-16-22-26(28)20-14-12-10-8-6-4-2;/h15-18,21-24H,3-14,19-20H2,1-2H3;. The largest absolute Gasteiger partial charge is 0.0895 e. The molecule has 2 heteroatoms. The summed E-state index contributed by atoms with van der Waals surface area (Å²) in [4.78, 5) is 2.91. The molecule has 0 heterocycles. The van der Waals surface area contributed by atoms with Crippen LogP contribution in [0.25, 0.3) is 0 Å². The van der Waals surface area contributed by atoms with E-state index in [1.807, 2.05) is 11.8 Å². The van der Waals surface area contributed by atoms with Gasteiger partial charge in [0, 0.05) is 26.3 Å². The maximum Gasteiger partial charge on any atom is 0.0154 e. The molecule has 0 aliphatic rings. The van der Waals surface area contributed by atoms with E-state index >= 15 is 0 Å². The molecule has 0 bridgehead atoms. The summed E-state index contributed by atoms with van der Waals surface area (Å²) >= 11 is 1.98. The normalized spacial score (nSPS) is 10.7. The van der Waals surface area contributed by atoms with Crippen LogP contribution in [0, 0.1) is 0 Å². The Hall–Kier alpha value is -0.716. The van der Waals surface area contributed by atoms with Crippen molar-refractivity contribution in [2.45, 2.75) is 114 Å². The summed E-state index contributed by atoms with van der Waals surface area (Å²) in [6.07, 6.45) is 18.8.